The average Bonchev–Trinajstić information content (AvgIpc) is 3.21. The molecule has 8 nitrogen and oxygen atoms in total. The number of imidazole rings is 1. The zero-order chi connectivity index (χ0) is 22.7. The Bertz CT molecular complexity index is 1310. The Morgan fingerprint density at radius 2 is 1.91 bits per heavy atom. The lowest BCUT2D eigenvalue weighted by Crippen LogP contribution is -2.19. The number of nitriles is 1. The van der Waals surface area contributed by atoms with E-state index in [0.717, 1.165) is 16.9 Å². The first-order chi connectivity index (χ1) is 15.5. The first kappa shape index (κ1) is 21.4. The van der Waals surface area contributed by atoms with Gasteiger partial charge in [0.2, 0.25) is 5.28 Å². The molecule has 0 radical (unpaired) electrons. The largest absolute Gasteiger partial charge is 0.497 e. The summed E-state index contributed by atoms with van der Waals surface area (Å²) in [6.07, 6.45) is 1.69. The summed E-state index contributed by atoms with van der Waals surface area (Å²) in [6, 6.07) is 15.3. The van der Waals surface area contributed by atoms with Crippen LogP contribution in [-0.2, 0) is 13.1 Å². The van der Waals surface area contributed by atoms with Gasteiger partial charge < -0.3 is 18.9 Å². The fourth-order valence-corrected chi connectivity index (χ4v) is 3.71. The monoisotopic (exact) mass is 448 g/mol. The molecule has 0 spiro atoms. The SMILES string of the molecule is COc1ccc(CN(C)c2nc(Cl)nc3c2ncn3Cc2ccccc2C#N)c(OC)c1. The molecule has 0 bridgehead atoms. The number of benzene rings is 2. The first-order valence-corrected chi connectivity index (χ1v) is 10.2. The third kappa shape index (κ3) is 4.15. The van der Waals surface area contributed by atoms with E-state index in [4.69, 9.17) is 21.1 Å². The topological polar surface area (TPSA) is 89.1 Å². The summed E-state index contributed by atoms with van der Waals surface area (Å²) in [5.74, 6) is 2.04. The molecule has 32 heavy (non-hydrogen) atoms. The van der Waals surface area contributed by atoms with E-state index in [1.54, 1.807) is 26.6 Å². The van der Waals surface area contributed by atoms with Crippen LogP contribution in [0.5, 0.6) is 11.5 Å². The van der Waals surface area contributed by atoms with Gasteiger partial charge in [0.15, 0.2) is 17.0 Å². The van der Waals surface area contributed by atoms with Crippen LogP contribution in [0.1, 0.15) is 16.7 Å². The molecule has 0 aliphatic carbocycles. The Morgan fingerprint density at radius 3 is 2.66 bits per heavy atom. The molecule has 0 fully saturated rings. The molecular formula is C23H21ClN6O2. The van der Waals surface area contributed by atoms with Crippen molar-refractivity contribution >= 4 is 28.6 Å². The van der Waals surface area contributed by atoms with Gasteiger partial charge in [0, 0.05) is 25.2 Å². The van der Waals surface area contributed by atoms with Crippen molar-refractivity contribution in [2.75, 3.05) is 26.2 Å². The molecule has 4 rings (SSSR count). The Balaban J connectivity index is 1.69. The zero-order valence-corrected chi connectivity index (χ0v) is 18.7. The van der Waals surface area contributed by atoms with Gasteiger partial charge in [0.1, 0.15) is 11.5 Å². The van der Waals surface area contributed by atoms with E-state index in [0.29, 0.717) is 41.4 Å². The second-order valence-electron chi connectivity index (χ2n) is 7.16. The van der Waals surface area contributed by atoms with E-state index in [1.165, 1.54) is 0 Å². The number of fused-ring (bicyclic) bond motifs is 1. The molecular weight excluding hydrogens is 428 g/mol. The fourth-order valence-electron chi connectivity index (χ4n) is 3.55. The zero-order valence-electron chi connectivity index (χ0n) is 17.9. The number of halogens is 1. The summed E-state index contributed by atoms with van der Waals surface area (Å²) in [7, 11) is 5.15. The Morgan fingerprint density at radius 1 is 1.09 bits per heavy atom. The van der Waals surface area contributed by atoms with E-state index in [-0.39, 0.29) is 5.28 Å². The van der Waals surface area contributed by atoms with Crippen molar-refractivity contribution in [1.29, 1.82) is 5.26 Å². The summed E-state index contributed by atoms with van der Waals surface area (Å²) in [6.45, 7) is 0.961. The lowest BCUT2D eigenvalue weighted by molar-refractivity contribution is 0.391. The summed E-state index contributed by atoms with van der Waals surface area (Å²) >= 11 is 6.28. The van der Waals surface area contributed by atoms with Crippen LogP contribution in [0.2, 0.25) is 5.28 Å². The molecule has 162 valence electrons. The maximum Gasteiger partial charge on any atom is 0.226 e. The highest BCUT2D eigenvalue weighted by Crippen LogP contribution is 2.29. The average molecular weight is 449 g/mol. The second-order valence-corrected chi connectivity index (χ2v) is 7.50. The van der Waals surface area contributed by atoms with Gasteiger partial charge in [0.25, 0.3) is 0 Å². The van der Waals surface area contributed by atoms with E-state index >= 15 is 0 Å². The molecule has 0 saturated heterocycles. The van der Waals surface area contributed by atoms with Crippen LogP contribution in [-0.4, -0.2) is 40.8 Å². The predicted molar refractivity (Wildman–Crippen MR) is 122 cm³/mol. The highest BCUT2D eigenvalue weighted by molar-refractivity contribution is 6.28. The Hall–Kier alpha value is -3.83. The fraction of sp³-hybridized carbons (Fsp3) is 0.217. The van der Waals surface area contributed by atoms with Gasteiger partial charge in [0.05, 0.1) is 38.7 Å². The molecule has 0 aliphatic rings. The molecule has 0 unspecified atom stereocenters. The van der Waals surface area contributed by atoms with Gasteiger partial charge in [-0.1, -0.05) is 18.2 Å². The van der Waals surface area contributed by atoms with E-state index in [2.05, 4.69) is 21.0 Å². The predicted octanol–water partition coefficient (Wildman–Crippen LogP) is 4.05. The van der Waals surface area contributed by atoms with Crippen molar-refractivity contribution in [1.82, 2.24) is 19.5 Å². The summed E-state index contributed by atoms with van der Waals surface area (Å²) in [5.41, 5.74) is 3.67. The van der Waals surface area contributed by atoms with E-state index < -0.39 is 0 Å². The van der Waals surface area contributed by atoms with Crippen molar-refractivity contribution in [2.24, 2.45) is 0 Å². The van der Waals surface area contributed by atoms with Crippen molar-refractivity contribution in [2.45, 2.75) is 13.1 Å². The minimum atomic E-state index is 0.122. The molecule has 2 heterocycles. The van der Waals surface area contributed by atoms with Crippen LogP contribution >= 0.6 is 11.6 Å². The molecule has 2 aromatic heterocycles. The van der Waals surface area contributed by atoms with Crippen molar-refractivity contribution < 1.29 is 9.47 Å². The minimum Gasteiger partial charge on any atom is -0.497 e. The molecule has 0 N–H and O–H groups in total. The first-order valence-electron chi connectivity index (χ1n) is 9.82. The summed E-state index contributed by atoms with van der Waals surface area (Å²) in [4.78, 5) is 15.3. The third-order valence-corrected chi connectivity index (χ3v) is 5.33. The number of anilines is 1. The maximum atomic E-state index is 9.39. The molecule has 9 heteroatoms. The molecule has 0 amide bonds. The van der Waals surface area contributed by atoms with Crippen molar-refractivity contribution in [3.8, 4) is 17.6 Å². The van der Waals surface area contributed by atoms with Gasteiger partial charge in [-0.25, -0.2) is 4.98 Å². The van der Waals surface area contributed by atoms with E-state index in [9.17, 15) is 5.26 Å². The minimum absolute atomic E-state index is 0.122. The van der Waals surface area contributed by atoms with Crippen LogP contribution in [0.3, 0.4) is 0 Å². The van der Waals surface area contributed by atoms with Gasteiger partial charge in [-0.05, 0) is 35.4 Å². The number of ether oxygens (including phenoxy) is 2. The number of hydrogen-bond donors (Lipinski definition) is 0. The number of rotatable bonds is 7. The van der Waals surface area contributed by atoms with Crippen molar-refractivity contribution in [3.63, 3.8) is 0 Å². The number of nitrogens with zero attached hydrogens (tertiary/aromatic N) is 6. The number of methoxy groups -OCH3 is 2. The van der Waals surface area contributed by atoms with Gasteiger partial charge in [-0.3, -0.25) is 0 Å². The van der Waals surface area contributed by atoms with Gasteiger partial charge >= 0.3 is 0 Å². The molecule has 0 saturated carbocycles. The second kappa shape index (κ2) is 9.12. The van der Waals surface area contributed by atoms with Crippen LogP contribution in [0.4, 0.5) is 5.82 Å². The molecule has 2 aromatic carbocycles. The quantitative estimate of drug-likeness (QED) is 0.394. The molecule has 0 aliphatic heterocycles. The van der Waals surface area contributed by atoms with Crippen LogP contribution in [0.25, 0.3) is 11.2 Å². The summed E-state index contributed by atoms with van der Waals surface area (Å²) in [5, 5.41) is 9.51. The van der Waals surface area contributed by atoms with Gasteiger partial charge in [-0.2, -0.15) is 15.2 Å². The van der Waals surface area contributed by atoms with E-state index in [1.807, 2.05) is 52.9 Å². The van der Waals surface area contributed by atoms with Gasteiger partial charge in [-0.15, -0.1) is 0 Å². The number of aromatic nitrogens is 4. The number of hydrogen-bond acceptors (Lipinski definition) is 7. The van der Waals surface area contributed by atoms with Crippen LogP contribution < -0.4 is 14.4 Å². The molecule has 4 aromatic rings. The highest BCUT2D eigenvalue weighted by atomic mass is 35.5. The molecule has 0 atom stereocenters. The smallest absolute Gasteiger partial charge is 0.226 e. The Labute approximate surface area is 190 Å². The lowest BCUT2D eigenvalue weighted by Gasteiger charge is -2.20. The Kier molecular flexibility index (Phi) is 6.10. The normalized spacial score (nSPS) is 10.7. The lowest BCUT2D eigenvalue weighted by atomic mass is 10.1. The standard InChI is InChI=1S/C23H21ClN6O2/c1-29(12-17-8-9-18(31-2)10-19(17)32-3)21-20-22(28-23(24)27-21)30(14-26-20)13-16-7-5-4-6-15(16)11-25/h4-10,14H,12-13H2,1-3H3. The third-order valence-electron chi connectivity index (χ3n) is 5.16. The van der Waals surface area contributed by atoms with Crippen LogP contribution in [0.15, 0.2) is 48.8 Å². The summed E-state index contributed by atoms with van der Waals surface area (Å²) < 4.78 is 12.7. The van der Waals surface area contributed by atoms with Crippen molar-refractivity contribution in [3.05, 3.63) is 70.8 Å². The highest BCUT2D eigenvalue weighted by Gasteiger charge is 2.18. The maximum absolute atomic E-state index is 9.39. The van der Waals surface area contributed by atoms with Crippen LogP contribution in [0, 0.1) is 11.3 Å².